The van der Waals surface area contributed by atoms with E-state index < -0.39 is 0 Å². The van der Waals surface area contributed by atoms with Gasteiger partial charge >= 0.3 is 6.03 Å². The normalized spacial score (nSPS) is 9.79. The smallest absolute Gasteiger partial charge is 0.316 e. The van der Waals surface area contributed by atoms with Gasteiger partial charge in [-0.25, -0.2) is 4.79 Å². The SMILES string of the molecule is CN(C)C(=O)NCCNC(=O)c1ccc(N)c(O)c1. The second kappa shape index (κ2) is 6.48. The highest BCUT2D eigenvalue weighted by atomic mass is 16.3. The van der Waals surface area contributed by atoms with Gasteiger partial charge in [0.25, 0.3) is 5.91 Å². The molecular weight excluding hydrogens is 248 g/mol. The van der Waals surface area contributed by atoms with Crippen molar-refractivity contribution in [1.82, 2.24) is 15.5 Å². The Kier molecular flexibility index (Phi) is 4.99. The number of phenolic OH excluding ortho intramolecular Hbond substituents is 1. The molecule has 0 unspecified atom stereocenters. The maximum Gasteiger partial charge on any atom is 0.316 e. The molecule has 0 bridgehead atoms. The molecule has 3 amide bonds. The summed E-state index contributed by atoms with van der Waals surface area (Å²) in [5.41, 5.74) is 5.97. The third-order valence-electron chi connectivity index (χ3n) is 2.39. The average Bonchev–Trinajstić information content (AvgIpc) is 2.37. The molecule has 7 nitrogen and oxygen atoms in total. The van der Waals surface area contributed by atoms with Crippen LogP contribution in [0.4, 0.5) is 10.5 Å². The number of aromatic hydroxyl groups is 1. The Balaban J connectivity index is 2.39. The van der Waals surface area contributed by atoms with Gasteiger partial charge in [-0.1, -0.05) is 0 Å². The monoisotopic (exact) mass is 266 g/mol. The minimum absolute atomic E-state index is 0.131. The van der Waals surface area contributed by atoms with E-state index in [0.717, 1.165) is 0 Å². The zero-order valence-electron chi connectivity index (χ0n) is 10.9. The van der Waals surface area contributed by atoms with Crippen molar-refractivity contribution in [3.8, 4) is 5.75 Å². The van der Waals surface area contributed by atoms with E-state index in [-0.39, 0.29) is 23.4 Å². The quantitative estimate of drug-likeness (QED) is 0.349. The van der Waals surface area contributed by atoms with Crippen LogP contribution in [0.1, 0.15) is 10.4 Å². The van der Waals surface area contributed by atoms with E-state index >= 15 is 0 Å². The van der Waals surface area contributed by atoms with Crippen molar-refractivity contribution >= 4 is 17.6 Å². The maximum absolute atomic E-state index is 11.7. The lowest BCUT2D eigenvalue weighted by Gasteiger charge is -2.12. The van der Waals surface area contributed by atoms with Gasteiger partial charge in [0.05, 0.1) is 5.69 Å². The van der Waals surface area contributed by atoms with Crippen molar-refractivity contribution in [2.75, 3.05) is 32.9 Å². The zero-order valence-corrected chi connectivity index (χ0v) is 10.9. The van der Waals surface area contributed by atoms with E-state index in [0.29, 0.717) is 18.7 Å². The molecule has 104 valence electrons. The molecule has 1 rings (SSSR count). The molecule has 19 heavy (non-hydrogen) atoms. The highest BCUT2D eigenvalue weighted by molar-refractivity contribution is 5.95. The number of anilines is 1. The molecule has 0 aromatic heterocycles. The third kappa shape index (κ3) is 4.38. The Morgan fingerprint density at radius 3 is 2.47 bits per heavy atom. The summed E-state index contributed by atoms with van der Waals surface area (Å²) >= 11 is 0. The molecule has 1 aromatic carbocycles. The van der Waals surface area contributed by atoms with E-state index in [1.54, 1.807) is 14.1 Å². The summed E-state index contributed by atoms with van der Waals surface area (Å²) in [4.78, 5) is 24.3. The van der Waals surface area contributed by atoms with Crippen molar-refractivity contribution in [3.05, 3.63) is 23.8 Å². The van der Waals surface area contributed by atoms with Crippen LogP contribution in [-0.2, 0) is 0 Å². The molecule has 0 fully saturated rings. The molecule has 0 atom stereocenters. The number of nitrogens with zero attached hydrogens (tertiary/aromatic N) is 1. The average molecular weight is 266 g/mol. The van der Waals surface area contributed by atoms with Crippen molar-refractivity contribution in [1.29, 1.82) is 0 Å². The fraction of sp³-hybridized carbons (Fsp3) is 0.333. The number of rotatable bonds is 4. The molecule has 7 heteroatoms. The summed E-state index contributed by atoms with van der Waals surface area (Å²) in [6.07, 6.45) is 0. The summed E-state index contributed by atoms with van der Waals surface area (Å²) < 4.78 is 0. The zero-order chi connectivity index (χ0) is 14.4. The van der Waals surface area contributed by atoms with Gasteiger partial charge in [0.2, 0.25) is 0 Å². The second-order valence-electron chi connectivity index (χ2n) is 4.16. The fourth-order valence-electron chi connectivity index (χ4n) is 1.29. The predicted octanol–water partition coefficient (Wildman–Crippen LogP) is -0.0246. The molecule has 1 aromatic rings. The number of hydrogen-bond acceptors (Lipinski definition) is 4. The van der Waals surface area contributed by atoms with Gasteiger partial charge in [-0.05, 0) is 18.2 Å². The second-order valence-corrected chi connectivity index (χ2v) is 4.16. The Morgan fingerprint density at radius 1 is 1.26 bits per heavy atom. The standard InChI is InChI=1S/C12H18N4O3/c1-16(2)12(19)15-6-5-14-11(18)8-3-4-9(13)10(17)7-8/h3-4,7,17H,5-6,13H2,1-2H3,(H,14,18)(H,15,19). The lowest BCUT2D eigenvalue weighted by Crippen LogP contribution is -2.39. The summed E-state index contributed by atoms with van der Waals surface area (Å²) in [6.45, 7) is 0.618. The van der Waals surface area contributed by atoms with Gasteiger partial charge in [-0.3, -0.25) is 4.79 Å². The van der Waals surface area contributed by atoms with Gasteiger partial charge in [-0.15, -0.1) is 0 Å². The van der Waals surface area contributed by atoms with Crippen molar-refractivity contribution in [3.63, 3.8) is 0 Å². The Bertz CT molecular complexity index is 474. The molecule has 0 radical (unpaired) electrons. The molecular formula is C12H18N4O3. The number of benzene rings is 1. The number of amides is 3. The first-order chi connectivity index (χ1) is 8.91. The Hall–Kier alpha value is -2.44. The number of nitrogens with two attached hydrogens (primary N) is 1. The lowest BCUT2D eigenvalue weighted by molar-refractivity contribution is 0.0953. The first-order valence-electron chi connectivity index (χ1n) is 5.73. The van der Waals surface area contributed by atoms with E-state index in [1.807, 2.05) is 0 Å². The summed E-state index contributed by atoms with van der Waals surface area (Å²) in [6, 6.07) is 4.04. The molecule has 5 N–H and O–H groups in total. The van der Waals surface area contributed by atoms with Crippen molar-refractivity contribution < 1.29 is 14.7 Å². The maximum atomic E-state index is 11.7. The molecule has 0 aliphatic heterocycles. The summed E-state index contributed by atoms with van der Waals surface area (Å²) in [5.74, 6) is -0.469. The van der Waals surface area contributed by atoms with Crippen molar-refractivity contribution in [2.45, 2.75) is 0 Å². The van der Waals surface area contributed by atoms with Crippen LogP contribution >= 0.6 is 0 Å². The van der Waals surface area contributed by atoms with Crippen molar-refractivity contribution in [2.24, 2.45) is 0 Å². The fourth-order valence-corrected chi connectivity index (χ4v) is 1.29. The van der Waals surface area contributed by atoms with E-state index in [9.17, 15) is 14.7 Å². The van der Waals surface area contributed by atoms with Crippen LogP contribution in [0.15, 0.2) is 18.2 Å². The van der Waals surface area contributed by atoms with Gasteiger partial charge in [0, 0.05) is 32.7 Å². The summed E-state index contributed by atoms with van der Waals surface area (Å²) in [5, 5.41) is 14.6. The minimum atomic E-state index is -0.339. The van der Waals surface area contributed by atoms with Crippen LogP contribution in [-0.4, -0.2) is 49.1 Å². The van der Waals surface area contributed by atoms with E-state index in [2.05, 4.69) is 10.6 Å². The van der Waals surface area contributed by atoms with Crippen LogP contribution in [0.2, 0.25) is 0 Å². The topological polar surface area (TPSA) is 108 Å². The van der Waals surface area contributed by atoms with Crippen LogP contribution in [0.3, 0.4) is 0 Å². The molecule has 0 aliphatic rings. The third-order valence-corrected chi connectivity index (χ3v) is 2.39. The van der Waals surface area contributed by atoms with Gasteiger partial charge < -0.3 is 26.4 Å². The number of carbonyl (C=O) groups is 2. The van der Waals surface area contributed by atoms with Gasteiger partial charge in [0.15, 0.2) is 0 Å². The first-order valence-corrected chi connectivity index (χ1v) is 5.73. The highest BCUT2D eigenvalue weighted by Gasteiger charge is 2.07. The largest absolute Gasteiger partial charge is 0.506 e. The Morgan fingerprint density at radius 2 is 1.89 bits per heavy atom. The molecule has 0 aliphatic carbocycles. The van der Waals surface area contributed by atoms with Crippen LogP contribution in [0.5, 0.6) is 5.75 Å². The minimum Gasteiger partial charge on any atom is -0.506 e. The number of carbonyl (C=O) groups excluding carboxylic acids is 2. The van der Waals surface area contributed by atoms with Crippen LogP contribution in [0.25, 0.3) is 0 Å². The number of hydrogen-bond donors (Lipinski definition) is 4. The predicted molar refractivity (Wildman–Crippen MR) is 71.9 cm³/mol. The van der Waals surface area contributed by atoms with E-state index in [1.165, 1.54) is 23.1 Å². The molecule has 0 saturated carbocycles. The van der Waals surface area contributed by atoms with Gasteiger partial charge in [0.1, 0.15) is 5.75 Å². The molecule has 0 heterocycles. The van der Waals surface area contributed by atoms with E-state index in [4.69, 9.17) is 5.73 Å². The number of nitrogen functional groups attached to an aromatic ring is 1. The number of nitrogens with one attached hydrogen (secondary N) is 2. The van der Waals surface area contributed by atoms with Crippen LogP contribution < -0.4 is 16.4 Å². The molecule has 0 saturated heterocycles. The molecule has 0 spiro atoms. The number of urea groups is 1. The van der Waals surface area contributed by atoms with Crippen LogP contribution in [0, 0.1) is 0 Å². The summed E-state index contributed by atoms with van der Waals surface area (Å²) in [7, 11) is 3.26. The lowest BCUT2D eigenvalue weighted by atomic mass is 10.2. The highest BCUT2D eigenvalue weighted by Crippen LogP contribution is 2.20. The van der Waals surface area contributed by atoms with Gasteiger partial charge in [-0.2, -0.15) is 0 Å². The first kappa shape index (κ1) is 14.6. The number of phenols is 1. The Labute approximate surface area is 111 Å².